The Hall–Kier alpha value is -2.38. The molecule has 3 aromatic rings. The van der Waals surface area contributed by atoms with Crippen LogP contribution in [0.5, 0.6) is 0 Å². The Balaban J connectivity index is 1.96. The van der Waals surface area contributed by atoms with E-state index in [0.717, 1.165) is 16.2 Å². The Bertz CT molecular complexity index is 1260. The Morgan fingerprint density at radius 2 is 2.00 bits per heavy atom. The first-order valence-corrected chi connectivity index (χ1v) is 12.1. The lowest BCUT2D eigenvalue weighted by Gasteiger charge is -2.02. The van der Waals surface area contributed by atoms with Crippen molar-refractivity contribution in [1.82, 2.24) is 4.57 Å². The first-order valence-electron chi connectivity index (χ1n) is 8.70. The number of nitrogens with two attached hydrogens (primary N) is 1. The molecule has 0 saturated heterocycles. The summed E-state index contributed by atoms with van der Waals surface area (Å²) in [5, 5.41) is 5.21. The second-order valence-electron chi connectivity index (χ2n) is 6.11. The number of hydrogen-bond acceptors (Lipinski definition) is 5. The minimum absolute atomic E-state index is 0.00187. The molecule has 9 heteroatoms. The summed E-state index contributed by atoms with van der Waals surface area (Å²) in [6.07, 6.45) is 5.63. The average Bonchev–Trinajstić information content (AvgIpc) is 2.99. The lowest BCUT2D eigenvalue weighted by molar-refractivity contribution is -0.117. The van der Waals surface area contributed by atoms with Gasteiger partial charge >= 0.3 is 0 Å². The molecule has 0 atom stereocenters. The minimum atomic E-state index is -3.82. The largest absolute Gasteiger partial charge is 0.305 e. The third kappa shape index (κ3) is 5.16. The molecule has 6 nitrogen and oxygen atoms in total. The van der Waals surface area contributed by atoms with Gasteiger partial charge in [0, 0.05) is 4.90 Å². The summed E-state index contributed by atoms with van der Waals surface area (Å²) in [7, 11) is -3.82. The molecule has 0 aliphatic carbocycles. The molecule has 0 spiro atoms. The second kappa shape index (κ2) is 8.97. The number of aromatic nitrogens is 1. The van der Waals surface area contributed by atoms with E-state index >= 15 is 0 Å². The predicted octanol–water partition coefficient (Wildman–Crippen LogP) is 2.77. The lowest BCUT2D eigenvalue weighted by atomic mass is 10.1. The number of primary sulfonamides is 1. The molecule has 0 aliphatic heterocycles. The molecule has 1 heterocycles. The maximum atomic E-state index is 12.5. The summed E-state index contributed by atoms with van der Waals surface area (Å²) in [5.41, 5.74) is 1.58. The van der Waals surface area contributed by atoms with Crippen molar-refractivity contribution in [2.45, 2.75) is 29.7 Å². The van der Waals surface area contributed by atoms with E-state index in [9.17, 15) is 13.2 Å². The summed E-state index contributed by atoms with van der Waals surface area (Å²) in [6, 6.07) is 12.3. The van der Waals surface area contributed by atoms with Gasteiger partial charge in [0.15, 0.2) is 4.80 Å². The van der Waals surface area contributed by atoms with Gasteiger partial charge in [-0.2, -0.15) is 4.99 Å². The van der Waals surface area contributed by atoms with Gasteiger partial charge in [-0.15, -0.1) is 18.2 Å². The highest BCUT2D eigenvalue weighted by Crippen LogP contribution is 2.21. The zero-order valence-electron chi connectivity index (χ0n) is 15.7. The van der Waals surface area contributed by atoms with Gasteiger partial charge in [-0.3, -0.25) is 4.79 Å². The van der Waals surface area contributed by atoms with Crippen LogP contribution in [0, 0.1) is 12.3 Å². The van der Waals surface area contributed by atoms with Gasteiger partial charge in [-0.05, 0) is 41.6 Å². The van der Waals surface area contributed by atoms with Crippen molar-refractivity contribution < 1.29 is 13.2 Å². The number of hydrogen-bond donors (Lipinski definition) is 1. The fraction of sp³-hybridized carbons (Fsp3) is 0.200. The fourth-order valence-corrected chi connectivity index (χ4v) is 5.11. The van der Waals surface area contributed by atoms with Crippen LogP contribution in [-0.4, -0.2) is 24.6 Å². The molecule has 1 amide bonds. The summed E-state index contributed by atoms with van der Waals surface area (Å²) in [4.78, 5) is 18.3. The van der Waals surface area contributed by atoms with Crippen LogP contribution in [0.2, 0.25) is 0 Å². The van der Waals surface area contributed by atoms with E-state index in [0.29, 0.717) is 15.0 Å². The van der Waals surface area contributed by atoms with Crippen LogP contribution in [-0.2, 0) is 27.8 Å². The van der Waals surface area contributed by atoms with E-state index in [2.05, 4.69) is 17.8 Å². The lowest BCUT2D eigenvalue weighted by Crippen LogP contribution is -2.17. The van der Waals surface area contributed by atoms with Crippen molar-refractivity contribution in [2.24, 2.45) is 10.1 Å². The number of benzene rings is 2. The van der Waals surface area contributed by atoms with Gasteiger partial charge in [0.1, 0.15) is 0 Å². The average molecular weight is 446 g/mol. The van der Waals surface area contributed by atoms with Crippen LogP contribution < -0.4 is 9.94 Å². The number of thiazole rings is 1. The van der Waals surface area contributed by atoms with Gasteiger partial charge in [0.2, 0.25) is 10.0 Å². The van der Waals surface area contributed by atoms with E-state index in [-0.39, 0.29) is 23.8 Å². The van der Waals surface area contributed by atoms with Gasteiger partial charge in [-0.1, -0.05) is 36.3 Å². The second-order valence-corrected chi connectivity index (χ2v) is 10.0. The number of rotatable bonds is 6. The number of terminal acetylenes is 1. The zero-order valence-corrected chi connectivity index (χ0v) is 18.1. The molecule has 2 N–H and O–H groups in total. The van der Waals surface area contributed by atoms with Crippen molar-refractivity contribution in [2.75, 3.05) is 5.75 Å². The number of sulfonamides is 1. The Morgan fingerprint density at radius 1 is 1.28 bits per heavy atom. The van der Waals surface area contributed by atoms with E-state index < -0.39 is 10.0 Å². The van der Waals surface area contributed by atoms with Crippen molar-refractivity contribution in [3.63, 3.8) is 0 Å². The number of nitrogens with zero attached hydrogens (tertiary/aromatic N) is 2. The van der Waals surface area contributed by atoms with Gasteiger partial charge in [0.05, 0.1) is 28.1 Å². The number of fused-ring (bicyclic) bond motifs is 1. The monoisotopic (exact) mass is 445 g/mol. The van der Waals surface area contributed by atoms with E-state index in [1.165, 1.54) is 23.5 Å². The number of carbonyl (C=O) groups excluding carboxylic acids is 1. The van der Waals surface area contributed by atoms with E-state index in [1.54, 1.807) is 22.4 Å². The quantitative estimate of drug-likeness (QED) is 0.466. The SMILES string of the molecule is C#CCn1c(=NC(=O)Cc2ccc(SCC)cc2)sc2cc(S(N)(=O)=O)ccc21. The first-order chi connectivity index (χ1) is 13.8. The zero-order chi connectivity index (χ0) is 21.0. The van der Waals surface area contributed by atoms with Crippen LogP contribution >= 0.6 is 23.1 Å². The van der Waals surface area contributed by atoms with Crippen LogP contribution in [0.25, 0.3) is 10.2 Å². The predicted molar refractivity (Wildman–Crippen MR) is 117 cm³/mol. The highest BCUT2D eigenvalue weighted by atomic mass is 32.2. The molecule has 2 aromatic carbocycles. The Labute approximate surface area is 177 Å². The van der Waals surface area contributed by atoms with Crippen LogP contribution in [0.3, 0.4) is 0 Å². The minimum Gasteiger partial charge on any atom is -0.305 e. The van der Waals surface area contributed by atoms with Gasteiger partial charge < -0.3 is 4.57 Å². The Morgan fingerprint density at radius 3 is 2.62 bits per heavy atom. The molecule has 0 fully saturated rings. The summed E-state index contributed by atoms with van der Waals surface area (Å²) in [5.74, 6) is 3.23. The molecule has 0 aliphatic rings. The maximum Gasteiger partial charge on any atom is 0.252 e. The molecule has 150 valence electrons. The molecule has 29 heavy (non-hydrogen) atoms. The summed E-state index contributed by atoms with van der Waals surface area (Å²) < 4.78 is 25.6. The number of thioether (sulfide) groups is 1. The molecular formula is C20H19N3O3S3. The topological polar surface area (TPSA) is 94.5 Å². The molecule has 0 bridgehead atoms. The van der Waals surface area contributed by atoms with Crippen LogP contribution in [0.4, 0.5) is 0 Å². The van der Waals surface area contributed by atoms with E-state index in [1.807, 2.05) is 24.3 Å². The molecule has 0 saturated carbocycles. The number of carbonyl (C=O) groups is 1. The molecule has 3 rings (SSSR count). The summed E-state index contributed by atoms with van der Waals surface area (Å²) in [6.45, 7) is 2.30. The highest BCUT2D eigenvalue weighted by Gasteiger charge is 2.13. The normalized spacial score (nSPS) is 12.2. The van der Waals surface area contributed by atoms with Crippen molar-refractivity contribution in [1.29, 1.82) is 0 Å². The van der Waals surface area contributed by atoms with Crippen molar-refractivity contribution >= 4 is 49.2 Å². The van der Waals surface area contributed by atoms with Crippen molar-refractivity contribution in [3.05, 3.63) is 52.8 Å². The highest BCUT2D eigenvalue weighted by molar-refractivity contribution is 7.99. The Kier molecular flexibility index (Phi) is 6.59. The standard InChI is InChI=1S/C20H19N3O3S3/c1-3-11-23-17-10-9-16(29(21,25)26)13-18(17)28-20(23)22-19(24)12-14-5-7-15(8-6-14)27-4-2/h1,5-10,13H,4,11-12H2,2H3,(H2,21,25,26). The maximum absolute atomic E-state index is 12.5. The number of amides is 1. The first kappa shape index (κ1) is 21.3. The van der Waals surface area contributed by atoms with E-state index in [4.69, 9.17) is 11.6 Å². The molecule has 0 unspecified atom stereocenters. The molecule has 1 aromatic heterocycles. The van der Waals surface area contributed by atoms with Gasteiger partial charge in [-0.25, -0.2) is 13.6 Å². The van der Waals surface area contributed by atoms with Gasteiger partial charge in [0.25, 0.3) is 5.91 Å². The molecular weight excluding hydrogens is 426 g/mol. The molecule has 0 radical (unpaired) electrons. The third-order valence-electron chi connectivity index (χ3n) is 4.04. The fourth-order valence-electron chi connectivity index (χ4n) is 2.75. The summed E-state index contributed by atoms with van der Waals surface area (Å²) >= 11 is 2.94. The van der Waals surface area contributed by atoms with Crippen LogP contribution in [0.15, 0.2) is 57.2 Å². The third-order valence-corrected chi connectivity index (χ3v) is 6.89. The van der Waals surface area contributed by atoms with Crippen molar-refractivity contribution in [3.8, 4) is 12.3 Å². The smallest absolute Gasteiger partial charge is 0.252 e. The van der Waals surface area contributed by atoms with Crippen LogP contribution in [0.1, 0.15) is 12.5 Å².